The molecule has 1 fully saturated rings. The summed E-state index contributed by atoms with van der Waals surface area (Å²) in [7, 11) is 0. The molecule has 7 heteroatoms. The number of ether oxygens (including phenoxy) is 3. The number of carbonyl (C=O) groups excluding carboxylic acids is 2. The summed E-state index contributed by atoms with van der Waals surface area (Å²) in [5, 5.41) is 11.7. The van der Waals surface area contributed by atoms with Crippen LogP contribution in [0.3, 0.4) is 0 Å². The molecule has 0 aromatic heterocycles. The van der Waals surface area contributed by atoms with Crippen LogP contribution in [0.5, 0.6) is 17.2 Å². The largest absolute Gasteiger partial charge is 0.507 e. The Labute approximate surface area is 229 Å². The Morgan fingerprint density at radius 1 is 0.897 bits per heavy atom. The van der Waals surface area contributed by atoms with Crippen molar-refractivity contribution >= 4 is 23.1 Å². The molecule has 0 saturated carbocycles. The van der Waals surface area contributed by atoms with Gasteiger partial charge in [-0.1, -0.05) is 38.1 Å². The summed E-state index contributed by atoms with van der Waals surface area (Å²) in [6.45, 7) is 11.1. The fraction of sp³-hybridized carbons (Fsp3) is 0.312. The molecule has 39 heavy (non-hydrogen) atoms. The Kier molecular flexibility index (Phi) is 8.59. The standard InChI is InChI=1S/C32H35NO6/c1-6-37-25-14-15-26(27(18-25)38-7-2)30(34)28-29(22-11-9-13-24(17-22)39-19-20(3)4)33(32(36)31(28)35)23-12-8-10-21(5)16-23/h8-18,20,29,34H,6-7,19H2,1-5H3/b30-28+. The van der Waals surface area contributed by atoms with Crippen molar-refractivity contribution in [1.82, 2.24) is 0 Å². The van der Waals surface area contributed by atoms with Gasteiger partial charge >= 0.3 is 0 Å². The molecule has 1 aliphatic rings. The second kappa shape index (κ2) is 12.1. The Hall–Kier alpha value is -4.26. The molecule has 1 aliphatic heterocycles. The molecule has 3 aromatic carbocycles. The lowest BCUT2D eigenvalue weighted by molar-refractivity contribution is -0.132. The van der Waals surface area contributed by atoms with Gasteiger partial charge in [0.05, 0.1) is 37.0 Å². The van der Waals surface area contributed by atoms with Crippen LogP contribution in [0.1, 0.15) is 50.4 Å². The predicted octanol–water partition coefficient (Wildman–Crippen LogP) is 6.45. The van der Waals surface area contributed by atoms with Crippen molar-refractivity contribution in [2.45, 2.75) is 40.7 Å². The van der Waals surface area contributed by atoms with Gasteiger partial charge in [-0.05, 0) is 74.2 Å². The third-order valence-corrected chi connectivity index (χ3v) is 6.30. The highest BCUT2D eigenvalue weighted by Gasteiger charge is 2.47. The zero-order valence-electron chi connectivity index (χ0n) is 23.1. The number of carbonyl (C=O) groups is 2. The molecule has 0 bridgehead atoms. The molecule has 3 aromatic rings. The van der Waals surface area contributed by atoms with Gasteiger partial charge in [0.25, 0.3) is 11.7 Å². The highest BCUT2D eigenvalue weighted by Crippen LogP contribution is 2.44. The van der Waals surface area contributed by atoms with Gasteiger partial charge in [-0.2, -0.15) is 0 Å². The first-order valence-corrected chi connectivity index (χ1v) is 13.3. The Bertz CT molecular complexity index is 1390. The van der Waals surface area contributed by atoms with Gasteiger partial charge in [0, 0.05) is 11.8 Å². The van der Waals surface area contributed by atoms with E-state index in [1.54, 1.807) is 24.3 Å². The van der Waals surface area contributed by atoms with Gasteiger partial charge in [0.15, 0.2) is 0 Å². The highest BCUT2D eigenvalue weighted by atomic mass is 16.5. The summed E-state index contributed by atoms with van der Waals surface area (Å²) in [5.41, 5.74) is 2.42. The fourth-order valence-electron chi connectivity index (χ4n) is 4.60. The lowest BCUT2D eigenvalue weighted by atomic mass is 9.94. The molecular weight excluding hydrogens is 494 g/mol. The van der Waals surface area contributed by atoms with E-state index in [0.29, 0.717) is 59.8 Å². The van der Waals surface area contributed by atoms with Crippen LogP contribution in [0.2, 0.25) is 0 Å². The zero-order chi connectivity index (χ0) is 28.1. The first-order valence-electron chi connectivity index (χ1n) is 13.3. The van der Waals surface area contributed by atoms with Crippen LogP contribution in [0.15, 0.2) is 72.3 Å². The van der Waals surface area contributed by atoms with Crippen LogP contribution < -0.4 is 19.1 Å². The van der Waals surface area contributed by atoms with Crippen LogP contribution >= 0.6 is 0 Å². The Morgan fingerprint density at radius 3 is 2.31 bits per heavy atom. The normalized spacial score (nSPS) is 16.6. The second-order valence-electron chi connectivity index (χ2n) is 9.81. The molecule has 1 heterocycles. The molecular formula is C32H35NO6. The van der Waals surface area contributed by atoms with E-state index in [-0.39, 0.29) is 11.3 Å². The minimum atomic E-state index is -0.879. The van der Waals surface area contributed by atoms with E-state index >= 15 is 0 Å². The van der Waals surface area contributed by atoms with Gasteiger partial charge in [-0.25, -0.2) is 0 Å². The van der Waals surface area contributed by atoms with Gasteiger partial charge in [-0.15, -0.1) is 0 Å². The first kappa shape index (κ1) is 27.8. The summed E-state index contributed by atoms with van der Waals surface area (Å²) in [6, 6.07) is 18.8. The van der Waals surface area contributed by atoms with Crippen molar-refractivity contribution in [2.24, 2.45) is 5.92 Å². The number of ketones is 1. The molecule has 1 atom stereocenters. The maximum absolute atomic E-state index is 13.6. The fourth-order valence-corrected chi connectivity index (χ4v) is 4.60. The number of hydrogen-bond acceptors (Lipinski definition) is 6. The molecule has 204 valence electrons. The minimum absolute atomic E-state index is 0.0207. The van der Waals surface area contributed by atoms with Crippen LogP contribution in [-0.4, -0.2) is 36.6 Å². The van der Waals surface area contributed by atoms with Crippen LogP contribution in [0.4, 0.5) is 5.69 Å². The average Bonchev–Trinajstić information content (AvgIpc) is 3.18. The zero-order valence-corrected chi connectivity index (χ0v) is 23.1. The van der Waals surface area contributed by atoms with Crippen LogP contribution in [0.25, 0.3) is 5.76 Å². The number of aliphatic hydroxyl groups excluding tert-OH is 1. The maximum Gasteiger partial charge on any atom is 0.300 e. The average molecular weight is 530 g/mol. The number of rotatable bonds is 10. The van der Waals surface area contributed by atoms with Gasteiger partial charge < -0.3 is 19.3 Å². The topological polar surface area (TPSA) is 85.3 Å². The molecule has 0 aliphatic carbocycles. The quantitative estimate of drug-likeness (QED) is 0.184. The number of benzene rings is 3. The number of nitrogens with zero attached hydrogens (tertiary/aromatic N) is 1. The molecule has 4 rings (SSSR count). The van der Waals surface area contributed by atoms with Gasteiger partial charge in [0.1, 0.15) is 23.0 Å². The van der Waals surface area contributed by atoms with Crippen molar-refractivity contribution in [3.05, 3.63) is 89.0 Å². The van der Waals surface area contributed by atoms with E-state index in [4.69, 9.17) is 14.2 Å². The predicted molar refractivity (Wildman–Crippen MR) is 152 cm³/mol. The molecule has 7 nitrogen and oxygen atoms in total. The molecule has 0 radical (unpaired) electrons. The minimum Gasteiger partial charge on any atom is -0.507 e. The molecule has 1 saturated heterocycles. The smallest absolute Gasteiger partial charge is 0.300 e. The van der Waals surface area contributed by atoms with Crippen LogP contribution in [-0.2, 0) is 9.59 Å². The van der Waals surface area contributed by atoms with Crippen molar-refractivity contribution in [3.63, 3.8) is 0 Å². The number of aryl methyl sites for hydroxylation is 1. The van der Waals surface area contributed by atoms with Crippen molar-refractivity contribution in [2.75, 3.05) is 24.7 Å². The second-order valence-corrected chi connectivity index (χ2v) is 9.81. The third-order valence-electron chi connectivity index (χ3n) is 6.30. The summed E-state index contributed by atoms with van der Waals surface area (Å²) >= 11 is 0. The maximum atomic E-state index is 13.6. The molecule has 0 spiro atoms. The van der Waals surface area contributed by atoms with E-state index in [9.17, 15) is 14.7 Å². The van der Waals surface area contributed by atoms with Gasteiger partial charge in [-0.3, -0.25) is 14.5 Å². The molecule has 1 amide bonds. The lowest BCUT2D eigenvalue weighted by Crippen LogP contribution is -2.29. The van der Waals surface area contributed by atoms with E-state index in [1.807, 2.05) is 63.2 Å². The monoisotopic (exact) mass is 529 g/mol. The van der Waals surface area contributed by atoms with Crippen molar-refractivity contribution in [1.29, 1.82) is 0 Å². The Balaban J connectivity index is 1.92. The summed E-state index contributed by atoms with van der Waals surface area (Å²) in [6.07, 6.45) is 0. The number of amides is 1. The molecule has 1 N–H and O–H groups in total. The van der Waals surface area contributed by atoms with E-state index in [2.05, 4.69) is 13.8 Å². The Morgan fingerprint density at radius 2 is 1.62 bits per heavy atom. The summed E-state index contributed by atoms with van der Waals surface area (Å²) in [4.78, 5) is 28.6. The molecule has 1 unspecified atom stereocenters. The number of hydrogen-bond donors (Lipinski definition) is 1. The van der Waals surface area contributed by atoms with Crippen LogP contribution in [0, 0.1) is 12.8 Å². The SMILES string of the molecule is CCOc1ccc(/C(O)=C2\C(=O)C(=O)N(c3cccc(C)c3)C2c2cccc(OCC(C)C)c2)c(OCC)c1. The van der Waals surface area contributed by atoms with E-state index in [0.717, 1.165) is 5.56 Å². The van der Waals surface area contributed by atoms with E-state index in [1.165, 1.54) is 4.90 Å². The van der Waals surface area contributed by atoms with E-state index < -0.39 is 17.7 Å². The van der Waals surface area contributed by atoms with Gasteiger partial charge in [0.2, 0.25) is 0 Å². The lowest BCUT2D eigenvalue weighted by Gasteiger charge is -2.26. The summed E-state index contributed by atoms with van der Waals surface area (Å²) < 4.78 is 17.4. The van der Waals surface area contributed by atoms with Crippen molar-refractivity contribution in [3.8, 4) is 17.2 Å². The number of aliphatic hydroxyl groups is 1. The number of anilines is 1. The summed E-state index contributed by atoms with van der Waals surface area (Å²) in [5.74, 6) is 0.0666. The third kappa shape index (κ3) is 5.93. The number of Topliss-reactive ketones (excluding diaryl/α,β-unsaturated/α-hetero) is 1. The first-order chi connectivity index (χ1) is 18.7. The highest BCUT2D eigenvalue weighted by molar-refractivity contribution is 6.51. The van der Waals surface area contributed by atoms with Crippen molar-refractivity contribution < 1.29 is 28.9 Å².